The monoisotopic (exact) mass is 429 g/mol. The Balaban J connectivity index is 1.22. The number of benzene rings is 2. The fourth-order valence-corrected chi connectivity index (χ4v) is 4.94. The van der Waals surface area contributed by atoms with E-state index in [-0.39, 0.29) is 11.9 Å². The maximum absolute atomic E-state index is 12.8. The molecular weight excluding hydrogens is 406 g/mol. The van der Waals surface area contributed by atoms with Crippen molar-refractivity contribution >= 4 is 23.3 Å². The minimum Gasteiger partial charge on any atom is -0.487 e. The first-order valence-electron chi connectivity index (χ1n) is 10.4. The van der Waals surface area contributed by atoms with Crippen LogP contribution in [0.1, 0.15) is 39.6 Å². The van der Waals surface area contributed by atoms with Gasteiger partial charge in [0, 0.05) is 28.6 Å². The van der Waals surface area contributed by atoms with Crippen LogP contribution in [0.15, 0.2) is 78.0 Å². The van der Waals surface area contributed by atoms with E-state index in [4.69, 9.17) is 4.74 Å². The quantitative estimate of drug-likeness (QED) is 0.474. The molecule has 0 saturated carbocycles. The third kappa shape index (κ3) is 4.30. The number of carbonyl (C=O) groups excluding carboxylic acids is 1. The highest BCUT2D eigenvalue weighted by Gasteiger charge is 2.22. The van der Waals surface area contributed by atoms with Crippen molar-refractivity contribution in [3.05, 3.63) is 95.4 Å². The molecule has 6 heteroatoms. The van der Waals surface area contributed by atoms with Crippen molar-refractivity contribution in [2.75, 3.05) is 5.75 Å². The van der Waals surface area contributed by atoms with Gasteiger partial charge in [-0.1, -0.05) is 24.3 Å². The summed E-state index contributed by atoms with van der Waals surface area (Å²) in [5.41, 5.74) is 4.78. The molecule has 0 radical (unpaired) electrons. The molecule has 0 spiro atoms. The third-order valence-corrected chi connectivity index (χ3v) is 6.54. The lowest BCUT2D eigenvalue weighted by Crippen LogP contribution is -2.30. The van der Waals surface area contributed by atoms with Crippen molar-refractivity contribution in [1.29, 1.82) is 0 Å². The molecule has 5 nitrogen and oxygen atoms in total. The highest BCUT2D eigenvalue weighted by Crippen LogP contribution is 2.35. The Bertz CT molecular complexity index is 1230. The summed E-state index contributed by atoms with van der Waals surface area (Å²) in [6, 6.07) is 19.7. The van der Waals surface area contributed by atoms with Crippen LogP contribution in [0, 0.1) is 6.92 Å². The highest BCUT2D eigenvalue weighted by molar-refractivity contribution is 7.99. The van der Waals surface area contributed by atoms with E-state index in [1.165, 1.54) is 16.0 Å². The van der Waals surface area contributed by atoms with Crippen LogP contribution in [0.5, 0.6) is 5.75 Å². The molecule has 5 rings (SSSR count). The first-order valence-corrected chi connectivity index (χ1v) is 11.3. The number of amides is 1. The fraction of sp³-hybridized carbons (Fsp3) is 0.200. The molecule has 3 heterocycles. The number of imidazole rings is 1. The van der Waals surface area contributed by atoms with Crippen molar-refractivity contribution in [2.24, 2.45) is 0 Å². The number of nitrogens with zero attached hydrogens (tertiary/aromatic N) is 2. The molecule has 0 unspecified atom stereocenters. The molecule has 4 aromatic rings. The van der Waals surface area contributed by atoms with Crippen LogP contribution in [0.3, 0.4) is 0 Å². The lowest BCUT2D eigenvalue weighted by molar-refractivity contribution is 0.0935. The minimum absolute atomic E-state index is 0.0551. The van der Waals surface area contributed by atoms with E-state index in [9.17, 15) is 4.79 Å². The average Bonchev–Trinajstić information content (AvgIpc) is 3.20. The predicted octanol–water partition coefficient (Wildman–Crippen LogP) is 5.19. The van der Waals surface area contributed by atoms with Gasteiger partial charge < -0.3 is 14.5 Å². The van der Waals surface area contributed by atoms with Gasteiger partial charge in [-0.25, -0.2) is 4.98 Å². The second-order valence-electron chi connectivity index (χ2n) is 7.72. The summed E-state index contributed by atoms with van der Waals surface area (Å²) in [5, 5.41) is 3.18. The smallest absolute Gasteiger partial charge is 0.251 e. The van der Waals surface area contributed by atoms with Crippen molar-refractivity contribution in [3.8, 4) is 5.75 Å². The average molecular weight is 430 g/mol. The summed E-state index contributed by atoms with van der Waals surface area (Å²) < 4.78 is 7.88. The Morgan fingerprint density at radius 2 is 1.97 bits per heavy atom. The number of nitrogens with one attached hydrogen (secondary N) is 1. The number of hydrogen-bond acceptors (Lipinski definition) is 4. The molecule has 1 N–H and O–H groups in total. The van der Waals surface area contributed by atoms with Gasteiger partial charge >= 0.3 is 0 Å². The number of thioether (sulfide) groups is 1. The van der Waals surface area contributed by atoms with E-state index < -0.39 is 0 Å². The molecule has 2 aromatic carbocycles. The number of pyridine rings is 1. The van der Waals surface area contributed by atoms with Gasteiger partial charge in [-0.3, -0.25) is 4.79 Å². The summed E-state index contributed by atoms with van der Waals surface area (Å²) in [5.74, 6) is 1.66. The Labute approximate surface area is 185 Å². The lowest BCUT2D eigenvalue weighted by Gasteiger charge is -2.25. The molecule has 1 amide bonds. The minimum atomic E-state index is -0.0611. The number of carbonyl (C=O) groups is 1. The Kier molecular flexibility index (Phi) is 5.38. The fourth-order valence-electron chi connectivity index (χ4n) is 3.82. The van der Waals surface area contributed by atoms with Gasteiger partial charge in [-0.15, -0.1) is 11.8 Å². The topological polar surface area (TPSA) is 55.6 Å². The third-order valence-electron chi connectivity index (χ3n) is 5.42. The maximum Gasteiger partial charge on any atom is 0.251 e. The van der Waals surface area contributed by atoms with Crippen LogP contribution in [0.25, 0.3) is 5.65 Å². The zero-order valence-electron chi connectivity index (χ0n) is 17.2. The predicted molar refractivity (Wildman–Crippen MR) is 123 cm³/mol. The molecule has 156 valence electrons. The van der Waals surface area contributed by atoms with Crippen LogP contribution in [-0.2, 0) is 6.61 Å². The zero-order valence-corrected chi connectivity index (χ0v) is 18.1. The van der Waals surface area contributed by atoms with Crippen LogP contribution >= 0.6 is 11.8 Å². The van der Waals surface area contributed by atoms with Crippen LogP contribution in [-0.4, -0.2) is 21.0 Å². The van der Waals surface area contributed by atoms with E-state index in [0.29, 0.717) is 17.9 Å². The van der Waals surface area contributed by atoms with Gasteiger partial charge in [0.15, 0.2) is 0 Å². The molecule has 0 bridgehead atoms. The number of aryl methyl sites for hydroxylation is 1. The second-order valence-corrected chi connectivity index (χ2v) is 8.85. The second kappa shape index (κ2) is 8.47. The SMILES string of the molecule is Cc1ccc2nc(COc3ccc(C(=O)N[C@@H]4CCSc5ccccc54)cc3)cn2c1. The van der Waals surface area contributed by atoms with E-state index in [1.807, 2.05) is 65.0 Å². The van der Waals surface area contributed by atoms with Gasteiger partial charge in [0.05, 0.1) is 11.7 Å². The van der Waals surface area contributed by atoms with Crippen molar-refractivity contribution < 1.29 is 9.53 Å². The number of fused-ring (bicyclic) bond motifs is 2. The molecule has 1 aliphatic rings. The molecular formula is C25H23N3O2S. The van der Waals surface area contributed by atoms with E-state index in [1.54, 1.807) is 12.1 Å². The number of rotatable bonds is 5. The van der Waals surface area contributed by atoms with Crippen LogP contribution < -0.4 is 10.1 Å². The van der Waals surface area contributed by atoms with Crippen molar-refractivity contribution in [3.63, 3.8) is 0 Å². The summed E-state index contributed by atoms with van der Waals surface area (Å²) >= 11 is 1.85. The molecule has 2 aromatic heterocycles. The number of ether oxygens (including phenoxy) is 1. The molecule has 0 fully saturated rings. The zero-order chi connectivity index (χ0) is 21.2. The molecule has 1 atom stereocenters. The van der Waals surface area contributed by atoms with Crippen LogP contribution in [0.2, 0.25) is 0 Å². The Morgan fingerprint density at radius 1 is 1.13 bits per heavy atom. The largest absolute Gasteiger partial charge is 0.487 e. The van der Waals surface area contributed by atoms with Gasteiger partial charge in [-0.05, 0) is 60.9 Å². The first-order chi connectivity index (χ1) is 15.2. The lowest BCUT2D eigenvalue weighted by atomic mass is 10.0. The van der Waals surface area contributed by atoms with Gasteiger partial charge in [0.25, 0.3) is 5.91 Å². The van der Waals surface area contributed by atoms with Crippen molar-refractivity contribution in [2.45, 2.75) is 30.9 Å². The summed E-state index contributed by atoms with van der Waals surface area (Å²) in [7, 11) is 0. The van der Waals surface area contributed by atoms with Gasteiger partial charge in [0.1, 0.15) is 18.0 Å². The van der Waals surface area contributed by atoms with Gasteiger partial charge in [-0.2, -0.15) is 0 Å². The maximum atomic E-state index is 12.8. The van der Waals surface area contributed by atoms with Crippen LogP contribution in [0.4, 0.5) is 0 Å². The molecule has 0 aliphatic carbocycles. The highest BCUT2D eigenvalue weighted by atomic mass is 32.2. The standard InChI is InChI=1S/C25H23N3O2S/c1-17-6-11-24-26-19(15-28(24)14-17)16-30-20-9-7-18(8-10-20)25(29)27-22-12-13-31-23-5-3-2-4-21(22)23/h2-11,14-15,22H,12-13,16H2,1H3,(H,27,29)/t22-/m1/s1. The molecule has 0 saturated heterocycles. The Morgan fingerprint density at radius 3 is 2.84 bits per heavy atom. The summed E-state index contributed by atoms with van der Waals surface area (Å²) in [6.07, 6.45) is 4.96. The van der Waals surface area contributed by atoms with E-state index >= 15 is 0 Å². The molecule has 31 heavy (non-hydrogen) atoms. The van der Waals surface area contributed by atoms with E-state index in [0.717, 1.165) is 23.5 Å². The normalized spacial score (nSPS) is 15.5. The summed E-state index contributed by atoms with van der Waals surface area (Å²) in [6.45, 7) is 2.43. The number of aromatic nitrogens is 2. The molecule has 1 aliphatic heterocycles. The van der Waals surface area contributed by atoms with Gasteiger partial charge in [0.2, 0.25) is 0 Å². The number of hydrogen-bond donors (Lipinski definition) is 1. The van der Waals surface area contributed by atoms with E-state index in [2.05, 4.69) is 29.4 Å². The van der Waals surface area contributed by atoms with Crippen molar-refractivity contribution in [1.82, 2.24) is 14.7 Å². The summed E-state index contributed by atoms with van der Waals surface area (Å²) in [4.78, 5) is 18.6. The Hall–Kier alpha value is -3.25. The first kappa shape index (κ1) is 19.7.